The van der Waals surface area contributed by atoms with Crippen LogP contribution in [0.3, 0.4) is 0 Å². The molecule has 1 amide bonds. The second kappa shape index (κ2) is 7.68. The third-order valence-corrected chi connectivity index (χ3v) is 4.71. The number of nitrogens with one attached hydrogen (secondary N) is 1. The van der Waals surface area contributed by atoms with Crippen LogP contribution in [0.2, 0.25) is 0 Å². The van der Waals surface area contributed by atoms with E-state index in [9.17, 15) is 14.7 Å². The Hall–Kier alpha value is -1.36. The molecular weight excluding hydrogens is 313 g/mol. The van der Waals surface area contributed by atoms with Crippen molar-refractivity contribution >= 4 is 22.6 Å². The molecule has 0 atom stereocenters. The number of carbonyl (C=O) groups excluding carboxylic acids is 2. The van der Waals surface area contributed by atoms with E-state index in [1.807, 2.05) is 12.1 Å². The predicted molar refractivity (Wildman–Crippen MR) is 86.7 cm³/mol. The zero-order chi connectivity index (χ0) is 16.4. The predicted octanol–water partition coefficient (Wildman–Crippen LogP) is -1.27. The summed E-state index contributed by atoms with van der Waals surface area (Å²) >= 11 is 0. The fourth-order valence-electron chi connectivity index (χ4n) is 2.98. The molecule has 4 nitrogen and oxygen atoms in total. The average Bonchev–Trinajstić information content (AvgIpc) is 3.28. The molecule has 0 heterocycles. The van der Waals surface area contributed by atoms with Crippen LogP contribution in [0.4, 0.5) is 0 Å². The van der Waals surface area contributed by atoms with Crippen LogP contribution >= 0.6 is 0 Å². The molecule has 0 aliphatic heterocycles. The van der Waals surface area contributed by atoms with Crippen LogP contribution in [0.15, 0.2) is 36.4 Å². The maximum Gasteiger partial charge on any atom is 1.00 e. The number of carboxylic acid groups (broad SMARTS) is 1. The molecule has 120 valence electrons. The van der Waals surface area contributed by atoms with E-state index in [4.69, 9.17) is 0 Å². The Bertz CT molecular complexity index is 768. The van der Waals surface area contributed by atoms with E-state index in [0.717, 1.165) is 6.42 Å². The van der Waals surface area contributed by atoms with Crippen molar-refractivity contribution in [2.45, 2.75) is 32.6 Å². The Morgan fingerprint density at radius 2 is 1.79 bits per heavy atom. The van der Waals surface area contributed by atoms with Crippen molar-refractivity contribution < 1.29 is 44.3 Å². The molecule has 2 aromatic rings. The third kappa shape index (κ3) is 4.18. The van der Waals surface area contributed by atoms with Gasteiger partial charge in [-0.3, -0.25) is 4.79 Å². The van der Waals surface area contributed by atoms with Gasteiger partial charge in [-0.25, -0.2) is 0 Å². The summed E-state index contributed by atoms with van der Waals surface area (Å²) in [7, 11) is 0. The minimum atomic E-state index is -1.10. The second-order valence-corrected chi connectivity index (χ2v) is 6.47. The average molecular weight is 333 g/mol. The zero-order valence-corrected chi connectivity index (χ0v) is 16.2. The minimum Gasteiger partial charge on any atom is -0.550 e. The third-order valence-electron chi connectivity index (χ3n) is 4.71. The Morgan fingerprint density at radius 1 is 1.17 bits per heavy atom. The van der Waals surface area contributed by atoms with Gasteiger partial charge in [0.15, 0.2) is 0 Å². The number of aliphatic carboxylic acids is 1. The van der Waals surface area contributed by atoms with E-state index < -0.39 is 11.4 Å². The number of carboxylic acids is 1. The number of hydrogen-bond donors (Lipinski definition) is 1. The molecule has 1 aliphatic carbocycles. The van der Waals surface area contributed by atoms with E-state index in [2.05, 4.69) is 36.5 Å². The summed E-state index contributed by atoms with van der Waals surface area (Å²) in [4.78, 5) is 22.9. The standard InChI is InChI=1S/C19H21NO3.Na/c1-13-10-15-4-2-3-5-16(15)11-14(13)6-9-20-17(21)12-19(7-8-19)18(22)23;/h2-5,10-11H,6-9,12H2,1H3,(H,20,21)(H,22,23);/q;+1/p-1. The fourth-order valence-corrected chi connectivity index (χ4v) is 2.98. The molecule has 24 heavy (non-hydrogen) atoms. The monoisotopic (exact) mass is 333 g/mol. The molecule has 0 radical (unpaired) electrons. The van der Waals surface area contributed by atoms with E-state index in [-0.39, 0.29) is 41.9 Å². The fraction of sp³-hybridized carbons (Fsp3) is 0.368. The summed E-state index contributed by atoms with van der Waals surface area (Å²) in [6.07, 6.45) is 1.87. The SMILES string of the molecule is Cc1cc2ccccc2cc1CCNC(=O)CC1(C(=O)[O-])CC1.[Na+]. The van der Waals surface area contributed by atoms with E-state index in [0.29, 0.717) is 19.4 Å². The van der Waals surface area contributed by atoms with Crippen LogP contribution < -0.4 is 40.0 Å². The first kappa shape index (κ1) is 19.0. The zero-order valence-electron chi connectivity index (χ0n) is 14.2. The van der Waals surface area contributed by atoms with Crippen LogP contribution in [0.5, 0.6) is 0 Å². The van der Waals surface area contributed by atoms with Gasteiger partial charge in [0.05, 0.1) is 0 Å². The molecule has 1 aliphatic rings. The van der Waals surface area contributed by atoms with E-state index >= 15 is 0 Å². The topological polar surface area (TPSA) is 69.2 Å². The summed E-state index contributed by atoms with van der Waals surface area (Å²) < 4.78 is 0. The van der Waals surface area contributed by atoms with Gasteiger partial charge < -0.3 is 15.2 Å². The summed E-state index contributed by atoms with van der Waals surface area (Å²) in [5.41, 5.74) is 1.50. The summed E-state index contributed by atoms with van der Waals surface area (Å²) in [6.45, 7) is 2.58. The van der Waals surface area contributed by atoms with Crippen LogP contribution in [-0.4, -0.2) is 18.4 Å². The minimum absolute atomic E-state index is 0. The van der Waals surface area contributed by atoms with Gasteiger partial charge in [0, 0.05) is 24.3 Å². The van der Waals surface area contributed by atoms with E-state index in [1.54, 1.807) is 0 Å². The maximum atomic E-state index is 11.9. The molecule has 1 N–H and O–H groups in total. The number of amides is 1. The molecule has 0 saturated heterocycles. The Kier molecular flexibility index (Phi) is 6.07. The van der Waals surface area contributed by atoms with Crippen LogP contribution in [0.1, 0.15) is 30.4 Å². The summed E-state index contributed by atoms with van der Waals surface area (Å²) in [5, 5.41) is 16.2. The van der Waals surface area contributed by atoms with Crippen molar-refractivity contribution in [2.24, 2.45) is 5.41 Å². The number of carbonyl (C=O) groups is 2. The van der Waals surface area contributed by atoms with E-state index in [1.165, 1.54) is 21.9 Å². The van der Waals surface area contributed by atoms with Gasteiger partial charge in [0.1, 0.15) is 0 Å². The van der Waals surface area contributed by atoms with Gasteiger partial charge in [-0.2, -0.15) is 0 Å². The van der Waals surface area contributed by atoms with Gasteiger partial charge in [-0.15, -0.1) is 0 Å². The molecule has 0 aromatic heterocycles. The molecule has 0 bridgehead atoms. The molecular formula is C19H20NNaO3. The van der Waals surface area contributed by atoms with Crippen molar-refractivity contribution in [3.8, 4) is 0 Å². The molecule has 0 unspecified atom stereocenters. The number of benzene rings is 2. The van der Waals surface area contributed by atoms with Gasteiger partial charge >= 0.3 is 29.6 Å². The largest absolute Gasteiger partial charge is 1.00 e. The molecule has 5 heteroatoms. The summed E-state index contributed by atoms with van der Waals surface area (Å²) in [5.74, 6) is -1.30. The van der Waals surface area contributed by atoms with Crippen LogP contribution in [-0.2, 0) is 16.0 Å². The van der Waals surface area contributed by atoms with Crippen LogP contribution in [0.25, 0.3) is 10.8 Å². The second-order valence-electron chi connectivity index (χ2n) is 6.47. The summed E-state index contributed by atoms with van der Waals surface area (Å²) in [6, 6.07) is 12.5. The number of fused-ring (bicyclic) bond motifs is 1. The first-order valence-electron chi connectivity index (χ1n) is 7.97. The Morgan fingerprint density at radius 3 is 2.38 bits per heavy atom. The molecule has 1 fully saturated rings. The number of aryl methyl sites for hydroxylation is 1. The van der Waals surface area contributed by atoms with Gasteiger partial charge in [0.2, 0.25) is 5.91 Å². The Balaban J connectivity index is 0.00000208. The van der Waals surface area contributed by atoms with Crippen molar-refractivity contribution in [2.75, 3.05) is 6.54 Å². The van der Waals surface area contributed by atoms with Crippen molar-refractivity contribution in [3.63, 3.8) is 0 Å². The molecule has 0 spiro atoms. The van der Waals surface area contributed by atoms with Crippen molar-refractivity contribution in [1.82, 2.24) is 5.32 Å². The molecule has 3 rings (SSSR count). The normalized spacial score (nSPS) is 14.7. The van der Waals surface area contributed by atoms with Crippen molar-refractivity contribution in [3.05, 3.63) is 47.5 Å². The van der Waals surface area contributed by atoms with Gasteiger partial charge in [-0.1, -0.05) is 36.4 Å². The van der Waals surface area contributed by atoms with Crippen LogP contribution in [0, 0.1) is 12.3 Å². The quantitative estimate of drug-likeness (QED) is 0.671. The van der Waals surface area contributed by atoms with Gasteiger partial charge in [0.25, 0.3) is 0 Å². The van der Waals surface area contributed by atoms with Gasteiger partial charge in [-0.05, 0) is 48.1 Å². The number of hydrogen-bond acceptors (Lipinski definition) is 3. The molecule has 1 saturated carbocycles. The number of rotatable bonds is 6. The smallest absolute Gasteiger partial charge is 0.550 e. The molecule has 2 aromatic carbocycles. The first-order valence-corrected chi connectivity index (χ1v) is 7.97. The maximum absolute atomic E-state index is 11.9. The Labute approximate surface area is 163 Å². The first-order chi connectivity index (χ1) is 11.0. The van der Waals surface area contributed by atoms with Crippen molar-refractivity contribution in [1.29, 1.82) is 0 Å².